The van der Waals surface area contributed by atoms with Crippen molar-refractivity contribution < 1.29 is 16.8 Å². The molecule has 0 atom stereocenters. The number of hydrogen-bond donors (Lipinski definition) is 0. The highest BCUT2D eigenvalue weighted by Crippen LogP contribution is 2.18. The van der Waals surface area contributed by atoms with Crippen molar-refractivity contribution >= 4 is 40.6 Å². The van der Waals surface area contributed by atoms with Gasteiger partial charge in [0.25, 0.3) is 0 Å². The standard InChI is InChI=1S/C11H11ClN2O4S2/c1-8-11(19(15,16)6-7-20(12,17)18)14-10-5-3-2-4-9(10)13-8/h2-5H,6-7H2,1H3. The van der Waals surface area contributed by atoms with Gasteiger partial charge >= 0.3 is 0 Å². The normalized spacial score (nSPS) is 12.7. The third kappa shape index (κ3) is 3.44. The van der Waals surface area contributed by atoms with Crippen molar-refractivity contribution in [3.63, 3.8) is 0 Å². The zero-order valence-electron chi connectivity index (χ0n) is 10.4. The fourth-order valence-corrected chi connectivity index (χ4v) is 4.84. The number of para-hydroxylation sites is 2. The predicted octanol–water partition coefficient (Wildman–Crippen LogP) is 1.28. The predicted molar refractivity (Wildman–Crippen MR) is 76.0 cm³/mol. The molecule has 1 aromatic heterocycles. The Kier molecular flexibility index (Phi) is 3.99. The summed E-state index contributed by atoms with van der Waals surface area (Å²) in [6.07, 6.45) is 0. The second-order valence-corrected chi connectivity index (χ2v) is 9.09. The number of sulfone groups is 1. The highest BCUT2D eigenvalue weighted by atomic mass is 35.7. The Bertz CT molecular complexity index is 863. The van der Waals surface area contributed by atoms with E-state index >= 15 is 0 Å². The molecule has 0 spiro atoms. The Morgan fingerprint density at radius 1 is 1.00 bits per heavy atom. The molecular weight excluding hydrogens is 324 g/mol. The summed E-state index contributed by atoms with van der Waals surface area (Å²) >= 11 is 0. The minimum absolute atomic E-state index is 0.212. The topological polar surface area (TPSA) is 94.1 Å². The number of nitrogens with zero attached hydrogens (tertiary/aromatic N) is 2. The zero-order valence-corrected chi connectivity index (χ0v) is 12.8. The Balaban J connectivity index is 2.48. The Morgan fingerprint density at radius 2 is 1.55 bits per heavy atom. The van der Waals surface area contributed by atoms with Crippen LogP contribution in [0.3, 0.4) is 0 Å². The molecule has 0 radical (unpaired) electrons. The molecule has 0 aliphatic carbocycles. The third-order valence-corrected chi connectivity index (χ3v) is 5.72. The summed E-state index contributed by atoms with van der Waals surface area (Å²) in [5, 5.41) is -0.212. The Labute approximate surface area is 121 Å². The highest BCUT2D eigenvalue weighted by Gasteiger charge is 2.23. The molecule has 20 heavy (non-hydrogen) atoms. The van der Waals surface area contributed by atoms with Gasteiger partial charge in [-0.1, -0.05) is 12.1 Å². The van der Waals surface area contributed by atoms with Crippen LogP contribution in [-0.4, -0.2) is 38.3 Å². The summed E-state index contributed by atoms with van der Waals surface area (Å²) < 4.78 is 46.0. The first kappa shape index (κ1) is 15.1. The average Bonchev–Trinajstić information content (AvgIpc) is 2.35. The molecule has 6 nitrogen and oxygen atoms in total. The van der Waals surface area contributed by atoms with E-state index in [1.165, 1.54) is 6.92 Å². The first-order chi connectivity index (χ1) is 9.19. The van der Waals surface area contributed by atoms with E-state index in [0.29, 0.717) is 11.0 Å². The summed E-state index contributed by atoms with van der Waals surface area (Å²) in [7, 11) is -2.70. The van der Waals surface area contributed by atoms with Crippen LogP contribution in [0.4, 0.5) is 0 Å². The van der Waals surface area contributed by atoms with Crippen LogP contribution in [0.15, 0.2) is 29.3 Å². The number of rotatable bonds is 4. The number of benzene rings is 1. The van der Waals surface area contributed by atoms with Crippen LogP contribution in [0.2, 0.25) is 0 Å². The molecule has 0 saturated heterocycles. The van der Waals surface area contributed by atoms with Crippen LogP contribution in [0.1, 0.15) is 5.69 Å². The summed E-state index contributed by atoms with van der Waals surface area (Å²) in [6, 6.07) is 6.84. The fraction of sp³-hybridized carbons (Fsp3) is 0.273. The van der Waals surface area contributed by atoms with Crippen molar-refractivity contribution in [2.75, 3.05) is 11.5 Å². The molecule has 0 fully saturated rings. The van der Waals surface area contributed by atoms with E-state index in [1.807, 2.05) is 0 Å². The maximum absolute atomic E-state index is 12.1. The van der Waals surface area contributed by atoms with E-state index in [0.717, 1.165) is 0 Å². The van der Waals surface area contributed by atoms with Gasteiger partial charge in [0, 0.05) is 10.7 Å². The van der Waals surface area contributed by atoms with Crippen LogP contribution in [0.25, 0.3) is 11.0 Å². The summed E-state index contributed by atoms with van der Waals surface area (Å²) in [4.78, 5) is 8.22. The second kappa shape index (κ2) is 5.27. The van der Waals surface area contributed by atoms with Gasteiger partial charge in [0.05, 0.1) is 28.2 Å². The van der Waals surface area contributed by atoms with Crippen LogP contribution in [0, 0.1) is 6.92 Å². The van der Waals surface area contributed by atoms with E-state index < -0.39 is 30.4 Å². The monoisotopic (exact) mass is 334 g/mol. The average molecular weight is 335 g/mol. The quantitative estimate of drug-likeness (QED) is 0.782. The molecule has 2 aromatic rings. The van der Waals surface area contributed by atoms with E-state index in [2.05, 4.69) is 9.97 Å². The van der Waals surface area contributed by atoms with E-state index in [1.54, 1.807) is 24.3 Å². The van der Waals surface area contributed by atoms with E-state index in [4.69, 9.17) is 10.7 Å². The third-order valence-electron chi connectivity index (χ3n) is 2.59. The highest BCUT2D eigenvalue weighted by molar-refractivity contribution is 8.14. The van der Waals surface area contributed by atoms with Crippen molar-refractivity contribution in [3.8, 4) is 0 Å². The molecule has 108 valence electrons. The molecule has 2 rings (SSSR count). The SMILES string of the molecule is Cc1nc2ccccc2nc1S(=O)(=O)CCS(=O)(=O)Cl. The number of fused-ring (bicyclic) bond motifs is 1. The molecule has 0 amide bonds. The van der Waals surface area contributed by atoms with Crippen LogP contribution in [-0.2, 0) is 18.9 Å². The number of halogens is 1. The summed E-state index contributed by atoms with van der Waals surface area (Å²) in [5.74, 6) is -1.28. The maximum atomic E-state index is 12.1. The molecule has 0 bridgehead atoms. The lowest BCUT2D eigenvalue weighted by molar-refractivity contribution is 0.588. The fourth-order valence-electron chi connectivity index (χ4n) is 1.67. The van der Waals surface area contributed by atoms with Gasteiger partial charge in [-0.25, -0.2) is 26.8 Å². The van der Waals surface area contributed by atoms with Gasteiger partial charge in [-0.05, 0) is 19.1 Å². The van der Waals surface area contributed by atoms with Gasteiger partial charge in [0.1, 0.15) is 0 Å². The lowest BCUT2D eigenvalue weighted by Gasteiger charge is -2.07. The van der Waals surface area contributed by atoms with Gasteiger partial charge in [0.15, 0.2) is 14.9 Å². The molecule has 0 N–H and O–H groups in total. The molecule has 1 heterocycles. The smallest absolute Gasteiger partial charge is 0.233 e. The largest absolute Gasteiger partial charge is 0.248 e. The number of aryl methyl sites for hydroxylation is 1. The molecule has 9 heteroatoms. The number of aromatic nitrogens is 2. The van der Waals surface area contributed by atoms with Gasteiger partial charge in [0.2, 0.25) is 9.05 Å². The van der Waals surface area contributed by atoms with Gasteiger partial charge in [-0.15, -0.1) is 0 Å². The minimum atomic E-state index is -3.88. The molecule has 0 aliphatic rings. The van der Waals surface area contributed by atoms with E-state index in [-0.39, 0.29) is 10.7 Å². The lowest BCUT2D eigenvalue weighted by Crippen LogP contribution is -2.17. The van der Waals surface area contributed by atoms with Crippen LogP contribution < -0.4 is 0 Å². The van der Waals surface area contributed by atoms with Crippen molar-refractivity contribution in [1.82, 2.24) is 9.97 Å². The molecule has 0 saturated carbocycles. The molecule has 1 aromatic carbocycles. The molecular formula is C11H11ClN2O4S2. The summed E-state index contributed by atoms with van der Waals surface area (Å²) in [5.41, 5.74) is 1.25. The first-order valence-electron chi connectivity index (χ1n) is 5.57. The van der Waals surface area contributed by atoms with Crippen molar-refractivity contribution in [2.45, 2.75) is 11.9 Å². The van der Waals surface area contributed by atoms with Gasteiger partial charge in [-0.3, -0.25) is 0 Å². The van der Waals surface area contributed by atoms with Crippen LogP contribution in [0.5, 0.6) is 0 Å². The van der Waals surface area contributed by atoms with Gasteiger partial charge < -0.3 is 0 Å². The lowest BCUT2D eigenvalue weighted by atomic mass is 10.3. The van der Waals surface area contributed by atoms with Crippen molar-refractivity contribution in [3.05, 3.63) is 30.0 Å². The molecule has 0 aliphatic heterocycles. The summed E-state index contributed by atoms with van der Waals surface area (Å²) in [6.45, 7) is 1.52. The minimum Gasteiger partial charge on any atom is -0.248 e. The van der Waals surface area contributed by atoms with E-state index in [9.17, 15) is 16.8 Å². The molecule has 0 unspecified atom stereocenters. The maximum Gasteiger partial charge on any atom is 0.233 e. The second-order valence-electron chi connectivity index (χ2n) is 4.16. The van der Waals surface area contributed by atoms with Gasteiger partial charge in [-0.2, -0.15) is 0 Å². The Hall–Kier alpha value is -1.25. The van der Waals surface area contributed by atoms with Crippen molar-refractivity contribution in [2.24, 2.45) is 0 Å². The first-order valence-corrected chi connectivity index (χ1v) is 9.70. The van der Waals surface area contributed by atoms with Crippen LogP contribution >= 0.6 is 10.7 Å². The Morgan fingerprint density at radius 3 is 2.10 bits per heavy atom. The van der Waals surface area contributed by atoms with Crippen molar-refractivity contribution in [1.29, 1.82) is 0 Å². The number of hydrogen-bond acceptors (Lipinski definition) is 6. The zero-order chi connectivity index (χ0) is 15.0.